The van der Waals surface area contributed by atoms with E-state index in [9.17, 15) is 5.11 Å². The van der Waals surface area contributed by atoms with E-state index < -0.39 is 0 Å². The van der Waals surface area contributed by atoms with Crippen molar-refractivity contribution in [1.29, 1.82) is 0 Å². The molecular weight excluding hydrogens is 222 g/mol. The molecule has 2 nitrogen and oxygen atoms in total. The molecule has 0 saturated carbocycles. The number of rotatable bonds is 9. The largest absolute Gasteiger partial charge is 0.388 e. The van der Waals surface area contributed by atoms with Crippen molar-refractivity contribution in [1.82, 2.24) is 4.98 Å². The summed E-state index contributed by atoms with van der Waals surface area (Å²) in [6.07, 6.45) is 13.2. The van der Waals surface area contributed by atoms with Gasteiger partial charge in [-0.3, -0.25) is 4.98 Å². The molecule has 102 valence electrons. The fourth-order valence-corrected chi connectivity index (χ4v) is 2.31. The molecule has 1 N–H and O–H groups in total. The Kier molecular flexibility index (Phi) is 7.66. The Hall–Kier alpha value is -0.890. The number of aliphatic hydroxyl groups is 1. The van der Waals surface area contributed by atoms with Crippen molar-refractivity contribution in [3.8, 4) is 0 Å². The van der Waals surface area contributed by atoms with Gasteiger partial charge < -0.3 is 5.11 Å². The molecule has 1 aromatic rings. The van der Waals surface area contributed by atoms with Gasteiger partial charge in [0.2, 0.25) is 0 Å². The van der Waals surface area contributed by atoms with Gasteiger partial charge in [-0.2, -0.15) is 0 Å². The molecule has 0 spiro atoms. The Morgan fingerprint density at radius 2 is 1.78 bits per heavy atom. The van der Waals surface area contributed by atoms with Crippen LogP contribution in [0.4, 0.5) is 0 Å². The van der Waals surface area contributed by atoms with Crippen molar-refractivity contribution in [2.24, 2.45) is 0 Å². The van der Waals surface area contributed by atoms with Gasteiger partial charge in [0.05, 0.1) is 6.10 Å². The molecular formula is C16H27NO. The zero-order valence-electron chi connectivity index (χ0n) is 11.9. The molecule has 0 aromatic carbocycles. The molecule has 0 aliphatic rings. The smallest absolute Gasteiger partial charge is 0.0793 e. The van der Waals surface area contributed by atoms with E-state index in [0.717, 1.165) is 24.0 Å². The number of aromatic nitrogens is 1. The Morgan fingerprint density at radius 3 is 2.44 bits per heavy atom. The van der Waals surface area contributed by atoms with Gasteiger partial charge in [0, 0.05) is 12.4 Å². The summed E-state index contributed by atoms with van der Waals surface area (Å²) in [4.78, 5) is 4.05. The van der Waals surface area contributed by atoms with E-state index in [4.69, 9.17) is 0 Å². The number of pyridine rings is 1. The fourth-order valence-electron chi connectivity index (χ4n) is 2.31. The summed E-state index contributed by atoms with van der Waals surface area (Å²) < 4.78 is 0. The lowest BCUT2D eigenvalue weighted by atomic mass is 10.00. The molecule has 2 heteroatoms. The van der Waals surface area contributed by atoms with Gasteiger partial charge in [-0.1, -0.05) is 51.9 Å². The van der Waals surface area contributed by atoms with Gasteiger partial charge in [0.25, 0.3) is 0 Å². The van der Waals surface area contributed by atoms with E-state index in [1.165, 1.54) is 38.5 Å². The monoisotopic (exact) mass is 249 g/mol. The SMILES string of the molecule is CCCCCCCCCC(O)c1ccncc1C. The molecule has 1 rings (SSSR count). The lowest BCUT2D eigenvalue weighted by Gasteiger charge is -2.12. The molecule has 0 bridgehead atoms. The number of hydrogen-bond donors (Lipinski definition) is 1. The van der Waals surface area contributed by atoms with E-state index in [2.05, 4.69) is 11.9 Å². The summed E-state index contributed by atoms with van der Waals surface area (Å²) in [5.74, 6) is 0. The van der Waals surface area contributed by atoms with E-state index in [-0.39, 0.29) is 6.10 Å². The number of aliphatic hydroxyl groups excluding tert-OH is 1. The fraction of sp³-hybridized carbons (Fsp3) is 0.688. The number of hydrogen-bond acceptors (Lipinski definition) is 2. The zero-order valence-corrected chi connectivity index (χ0v) is 11.9. The van der Waals surface area contributed by atoms with E-state index in [0.29, 0.717) is 0 Å². The minimum absolute atomic E-state index is 0.316. The standard InChI is InChI=1S/C16H27NO/c1-3-4-5-6-7-8-9-10-16(18)15-11-12-17-13-14(15)2/h11-13,16,18H,3-10H2,1-2H3. The topological polar surface area (TPSA) is 33.1 Å². The summed E-state index contributed by atoms with van der Waals surface area (Å²) in [5, 5.41) is 10.1. The molecule has 1 atom stereocenters. The van der Waals surface area contributed by atoms with Crippen molar-refractivity contribution in [3.05, 3.63) is 29.6 Å². The van der Waals surface area contributed by atoms with Crippen molar-refractivity contribution in [2.75, 3.05) is 0 Å². The van der Waals surface area contributed by atoms with Crippen LogP contribution in [-0.4, -0.2) is 10.1 Å². The Labute approximate surface area is 111 Å². The summed E-state index contributed by atoms with van der Waals surface area (Å²) in [7, 11) is 0. The van der Waals surface area contributed by atoms with Crippen molar-refractivity contribution in [2.45, 2.75) is 71.3 Å². The van der Waals surface area contributed by atoms with Crippen molar-refractivity contribution in [3.63, 3.8) is 0 Å². The molecule has 0 aliphatic carbocycles. The van der Waals surface area contributed by atoms with Gasteiger partial charge in [-0.05, 0) is 30.5 Å². The molecule has 1 aromatic heterocycles. The van der Waals surface area contributed by atoms with Crippen molar-refractivity contribution >= 4 is 0 Å². The first-order valence-electron chi connectivity index (χ1n) is 7.34. The second-order valence-electron chi connectivity index (χ2n) is 5.16. The molecule has 0 saturated heterocycles. The number of unbranched alkanes of at least 4 members (excludes halogenated alkanes) is 6. The first kappa shape index (κ1) is 15.2. The number of aryl methyl sites for hydroxylation is 1. The lowest BCUT2D eigenvalue weighted by molar-refractivity contribution is 0.162. The van der Waals surface area contributed by atoms with Gasteiger partial charge in [-0.25, -0.2) is 0 Å². The molecule has 0 radical (unpaired) electrons. The summed E-state index contributed by atoms with van der Waals surface area (Å²) >= 11 is 0. The van der Waals surface area contributed by atoms with Crippen LogP contribution in [-0.2, 0) is 0 Å². The highest BCUT2D eigenvalue weighted by Crippen LogP contribution is 2.22. The van der Waals surface area contributed by atoms with Gasteiger partial charge in [0.15, 0.2) is 0 Å². The van der Waals surface area contributed by atoms with Crippen LogP contribution in [0, 0.1) is 6.92 Å². The van der Waals surface area contributed by atoms with Crippen LogP contribution in [0.3, 0.4) is 0 Å². The first-order valence-corrected chi connectivity index (χ1v) is 7.34. The maximum absolute atomic E-state index is 10.1. The van der Waals surface area contributed by atoms with Gasteiger partial charge in [-0.15, -0.1) is 0 Å². The zero-order chi connectivity index (χ0) is 13.2. The summed E-state index contributed by atoms with van der Waals surface area (Å²) in [5.41, 5.74) is 2.13. The Bertz CT molecular complexity index is 325. The highest BCUT2D eigenvalue weighted by atomic mass is 16.3. The molecule has 0 amide bonds. The lowest BCUT2D eigenvalue weighted by Crippen LogP contribution is -2.00. The molecule has 0 aliphatic heterocycles. The quantitative estimate of drug-likeness (QED) is 0.651. The molecule has 0 fully saturated rings. The van der Waals surface area contributed by atoms with Crippen LogP contribution in [0.1, 0.15) is 75.5 Å². The normalized spacial score (nSPS) is 12.6. The summed E-state index contributed by atoms with van der Waals surface area (Å²) in [6, 6.07) is 1.93. The average Bonchev–Trinajstić information content (AvgIpc) is 2.38. The third kappa shape index (κ3) is 5.63. The van der Waals surface area contributed by atoms with Crippen LogP contribution in [0.25, 0.3) is 0 Å². The second-order valence-corrected chi connectivity index (χ2v) is 5.16. The van der Waals surface area contributed by atoms with Crippen LogP contribution in [0.5, 0.6) is 0 Å². The molecule has 18 heavy (non-hydrogen) atoms. The third-order valence-corrected chi connectivity index (χ3v) is 3.50. The highest BCUT2D eigenvalue weighted by molar-refractivity contribution is 5.23. The minimum Gasteiger partial charge on any atom is -0.388 e. The highest BCUT2D eigenvalue weighted by Gasteiger charge is 2.09. The van der Waals surface area contributed by atoms with Crippen LogP contribution in [0.15, 0.2) is 18.5 Å². The van der Waals surface area contributed by atoms with Gasteiger partial charge >= 0.3 is 0 Å². The summed E-state index contributed by atoms with van der Waals surface area (Å²) in [6.45, 7) is 4.25. The van der Waals surface area contributed by atoms with Crippen LogP contribution < -0.4 is 0 Å². The predicted molar refractivity (Wildman–Crippen MR) is 76.5 cm³/mol. The number of nitrogens with zero attached hydrogens (tertiary/aromatic N) is 1. The molecule has 1 heterocycles. The Morgan fingerprint density at radius 1 is 1.11 bits per heavy atom. The Balaban J connectivity index is 2.14. The predicted octanol–water partition coefficient (Wildman–Crippen LogP) is 4.56. The average molecular weight is 249 g/mol. The van der Waals surface area contributed by atoms with Crippen LogP contribution >= 0.6 is 0 Å². The van der Waals surface area contributed by atoms with E-state index in [1.807, 2.05) is 19.2 Å². The first-order chi connectivity index (χ1) is 8.75. The third-order valence-electron chi connectivity index (χ3n) is 3.50. The van der Waals surface area contributed by atoms with E-state index >= 15 is 0 Å². The maximum Gasteiger partial charge on any atom is 0.0793 e. The van der Waals surface area contributed by atoms with Gasteiger partial charge in [0.1, 0.15) is 0 Å². The van der Waals surface area contributed by atoms with E-state index in [1.54, 1.807) is 6.20 Å². The minimum atomic E-state index is -0.316. The second kappa shape index (κ2) is 9.09. The van der Waals surface area contributed by atoms with Crippen LogP contribution in [0.2, 0.25) is 0 Å². The maximum atomic E-state index is 10.1. The van der Waals surface area contributed by atoms with Crippen molar-refractivity contribution < 1.29 is 5.11 Å². The molecule has 1 unspecified atom stereocenters.